The lowest BCUT2D eigenvalue weighted by Crippen LogP contribution is -2.14. The number of amides is 1. The molecule has 2 N–H and O–H groups in total. The number of benzene rings is 1. The molecule has 0 heterocycles. The Bertz CT molecular complexity index is 366. The molecule has 1 atom stereocenters. The van der Waals surface area contributed by atoms with Crippen LogP contribution in [0.25, 0.3) is 0 Å². The minimum atomic E-state index is -0.331. The van der Waals surface area contributed by atoms with Gasteiger partial charge in [-0.3, -0.25) is 4.79 Å². The highest BCUT2D eigenvalue weighted by Gasteiger charge is 2.07. The van der Waals surface area contributed by atoms with Crippen molar-refractivity contribution in [2.45, 2.75) is 46.1 Å². The summed E-state index contributed by atoms with van der Waals surface area (Å²) in [5.41, 5.74) is 3.07. The van der Waals surface area contributed by atoms with E-state index in [1.54, 1.807) is 6.92 Å². The predicted octanol–water partition coefficient (Wildman–Crippen LogP) is 2.79. The average Bonchev–Trinajstić information content (AvgIpc) is 2.23. The molecule has 0 radical (unpaired) electrons. The molecule has 0 aliphatic rings. The molecule has 0 spiro atoms. The number of nitrogens with one attached hydrogen (secondary N) is 1. The van der Waals surface area contributed by atoms with Crippen LogP contribution >= 0.6 is 0 Å². The molecule has 0 fully saturated rings. The Labute approximate surface area is 103 Å². The molecule has 94 valence electrons. The Balaban J connectivity index is 2.51. The molecule has 1 amide bonds. The maximum atomic E-state index is 11.7. The van der Waals surface area contributed by atoms with E-state index >= 15 is 0 Å². The normalized spacial score (nSPS) is 12.2. The van der Waals surface area contributed by atoms with Gasteiger partial charge in [-0.1, -0.05) is 18.2 Å². The second-order valence-corrected chi connectivity index (χ2v) is 4.56. The highest BCUT2D eigenvalue weighted by Crippen LogP contribution is 2.19. The van der Waals surface area contributed by atoms with Crippen LogP contribution < -0.4 is 5.32 Å². The number of aliphatic hydroxyl groups excluding tert-OH is 1. The summed E-state index contributed by atoms with van der Waals surface area (Å²) >= 11 is 0. The Morgan fingerprint density at radius 1 is 1.35 bits per heavy atom. The third kappa shape index (κ3) is 4.57. The molecule has 17 heavy (non-hydrogen) atoms. The van der Waals surface area contributed by atoms with Crippen LogP contribution in [0.15, 0.2) is 18.2 Å². The van der Waals surface area contributed by atoms with Crippen molar-refractivity contribution >= 4 is 11.6 Å². The lowest BCUT2D eigenvalue weighted by molar-refractivity contribution is -0.116. The van der Waals surface area contributed by atoms with E-state index in [-0.39, 0.29) is 12.0 Å². The number of para-hydroxylation sites is 1. The van der Waals surface area contributed by atoms with Gasteiger partial charge in [0.1, 0.15) is 0 Å². The third-order valence-electron chi connectivity index (χ3n) is 2.77. The molecule has 0 bridgehead atoms. The molecule has 1 aromatic carbocycles. The molecular weight excluding hydrogens is 214 g/mol. The van der Waals surface area contributed by atoms with Gasteiger partial charge in [-0.2, -0.15) is 0 Å². The summed E-state index contributed by atoms with van der Waals surface area (Å²) in [5, 5.41) is 12.0. The lowest BCUT2D eigenvalue weighted by atomic mass is 10.1. The number of carbonyl (C=O) groups excluding carboxylic acids is 1. The number of aliphatic hydroxyl groups is 1. The smallest absolute Gasteiger partial charge is 0.224 e. The van der Waals surface area contributed by atoms with Crippen LogP contribution in [0.1, 0.15) is 37.3 Å². The molecule has 0 aromatic heterocycles. The van der Waals surface area contributed by atoms with Crippen LogP contribution in [-0.2, 0) is 4.79 Å². The van der Waals surface area contributed by atoms with Crippen molar-refractivity contribution in [2.24, 2.45) is 0 Å². The van der Waals surface area contributed by atoms with Gasteiger partial charge in [0.2, 0.25) is 5.91 Å². The minimum Gasteiger partial charge on any atom is -0.393 e. The van der Waals surface area contributed by atoms with Crippen molar-refractivity contribution in [3.05, 3.63) is 29.3 Å². The molecule has 3 heteroatoms. The van der Waals surface area contributed by atoms with E-state index < -0.39 is 0 Å². The summed E-state index contributed by atoms with van der Waals surface area (Å²) < 4.78 is 0. The van der Waals surface area contributed by atoms with Crippen molar-refractivity contribution in [1.29, 1.82) is 0 Å². The molecule has 3 nitrogen and oxygen atoms in total. The summed E-state index contributed by atoms with van der Waals surface area (Å²) in [6, 6.07) is 5.95. The van der Waals surface area contributed by atoms with E-state index in [1.165, 1.54) is 0 Å². The van der Waals surface area contributed by atoms with Gasteiger partial charge < -0.3 is 10.4 Å². The molecule has 0 saturated heterocycles. The fourth-order valence-corrected chi connectivity index (χ4v) is 1.77. The van der Waals surface area contributed by atoms with Gasteiger partial charge >= 0.3 is 0 Å². The molecule has 0 saturated carbocycles. The Morgan fingerprint density at radius 3 is 2.47 bits per heavy atom. The molecule has 0 aliphatic heterocycles. The maximum absolute atomic E-state index is 11.7. The van der Waals surface area contributed by atoms with E-state index in [1.807, 2.05) is 32.0 Å². The summed E-state index contributed by atoms with van der Waals surface area (Å²) in [6.07, 6.45) is 1.51. The first-order chi connectivity index (χ1) is 8.00. The molecular formula is C14H21NO2. The highest BCUT2D eigenvalue weighted by atomic mass is 16.3. The summed E-state index contributed by atoms with van der Waals surface area (Å²) in [5.74, 6) is 0.0167. The number of anilines is 1. The first kappa shape index (κ1) is 13.7. The van der Waals surface area contributed by atoms with Crippen LogP contribution in [0.2, 0.25) is 0 Å². The SMILES string of the molecule is Cc1cccc(C)c1NC(=O)CCC[C@@H](C)O. The van der Waals surface area contributed by atoms with E-state index in [0.29, 0.717) is 19.3 Å². The molecule has 1 rings (SSSR count). The van der Waals surface area contributed by atoms with Gasteiger partial charge in [0.25, 0.3) is 0 Å². The number of hydrogen-bond donors (Lipinski definition) is 2. The molecule has 0 aliphatic carbocycles. The van der Waals surface area contributed by atoms with E-state index in [2.05, 4.69) is 5.32 Å². The Kier molecular flexibility index (Phi) is 5.16. The van der Waals surface area contributed by atoms with Crippen molar-refractivity contribution < 1.29 is 9.90 Å². The highest BCUT2D eigenvalue weighted by molar-refractivity contribution is 5.92. The fraction of sp³-hybridized carbons (Fsp3) is 0.500. The topological polar surface area (TPSA) is 49.3 Å². The van der Waals surface area contributed by atoms with Gasteiger partial charge in [0, 0.05) is 12.1 Å². The average molecular weight is 235 g/mol. The molecule has 1 aromatic rings. The third-order valence-corrected chi connectivity index (χ3v) is 2.77. The summed E-state index contributed by atoms with van der Waals surface area (Å²) in [6.45, 7) is 5.71. The van der Waals surface area contributed by atoms with Crippen LogP contribution in [0.4, 0.5) is 5.69 Å². The quantitative estimate of drug-likeness (QED) is 0.824. The standard InChI is InChI=1S/C14H21NO2/c1-10-6-4-7-11(2)14(10)15-13(17)9-5-8-12(3)16/h4,6-7,12,16H,5,8-9H2,1-3H3,(H,15,17)/t12-/m1/s1. The Morgan fingerprint density at radius 2 is 1.94 bits per heavy atom. The first-order valence-electron chi connectivity index (χ1n) is 6.05. The van der Waals surface area contributed by atoms with Gasteiger partial charge in [0.15, 0.2) is 0 Å². The van der Waals surface area contributed by atoms with E-state index in [0.717, 1.165) is 16.8 Å². The lowest BCUT2D eigenvalue weighted by Gasteiger charge is -2.11. The van der Waals surface area contributed by atoms with E-state index in [4.69, 9.17) is 5.11 Å². The second-order valence-electron chi connectivity index (χ2n) is 4.56. The zero-order valence-electron chi connectivity index (χ0n) is 10.8. The summed E-state index contributed by atoms with van der Waals surface area (Å²) in [4.78, 5) is 11.7. The number of rotatable bonds is 5. The first-order valence-corrected chi connectivity index (χ1v) is 6.05. The predicted molar refractivity (Wildman–Crippen MR) is 70.1 cm³/mol. The van der Waals surface area contributed by atoms with E-state index in [9.17, 15) is 4.79 Å². The second kappa shape index (κ2) is 6.40. The number of carbonyl (C=O) groups is 1. The van der Waals surface area contributed by atoms with Crippen LogP contribution in [0.5, 0.6) is 0 Å². The largest absolute Gasteiger partial charge is 0.393 e. The Hall–Kier alpha value is -1.35. The minimum absolute atomic E-state index is 0.0167. The number of hydrogen-bond acceptors (Lipinski definition) is 2. The van der Waals surface area contributed by atoms with Gasteiger partial charge in [-0.25, -0.2) is 0 Å². The van der Waals surface area contributed by atoms with Crippen molar-refractivity contribution in [3.63, 3.8) is 0 Å². The molecule has 0 unspecified atom stereocenters. The van der Waals surface area contributed by atoms with Crippen LogP contribution in [0.3, 0.4) is 0 Å². The van der Waals surface area contributed by atoms with Crippen molar-refractivity contribution in [1.82, 2.24) is 0 Å². The zero-order chi connectivity index (χ0) is 12.8. The number of aryl methyl sites for hydroxylation is 2. The van der Waals surface area contributed by atoms with Crippen molar-refractivity contribution in [2.75, 3.05) is 5.32 Å². The maximum Gasteiger partial charge on any atom is 0.224 e. The zero-order valence-corrected chi connectivity index (χ0v) is 10.8. The van der Waals surface area contributed by atoms with Crippen LogP contribution in [-0.4, -0.2) is 17.1 Å². The van der Waals surface area contributed by atoms with Crippen molar-refractivity contribution in [3.8, 4) is 0 Å². The van der Waals surface area contributed by atoms with Gasteiger partial charge in [-0.15, -0.1) is 0 Å². The van der Waals surface area contributed by atoms with Gasteiger partial charge in [0.05, 0.1) is 6.10 Å². The van der Waals surface area contributed by atoms with Crippen LogP contribution in [0, 0.1) is 13.8 Å². The van der Waals surface area contributed by atoms with Gasteiger partial charge in [-0.05, 0) is 44.7 Å². The fourth-order valence-electron chi connectivity index (χ4n) is 1.77. The monoisotopic (exact) mass is 235 g/mol. The summed E-state index contributed by atoms with van der Waals surface area (Å²) in [7, 11) is 0.